The molecule has 2 heterocycles. The number of halogens is 1. The smallest absolute Gasteiger partial charge is 0.409 e. The number of aryl methyl sites for hydroxylation is 2. The highest BCUT2D eigenvalue weighted by Crippen LogP contribution is 2.48. The largest absolute Gasteiger partial charge is 0.481 e. The number of aromatic nitrogens is 4. The van der Waals surface area contributed by atoms with Crippen LogP contribution in [0.4, 0.5) is 9.18 Å². The van der Waals surface area contributed by atoms with E-state index in [0.29, 0.717) is 22.8 Å². The number of amides is 1. The molecule has 2 aromatic heterocycles. The molecule has 0 saturated heterocycles. The summed E-state index contributed by atoms with van der Waals surface area (Å²) in [5, 5.41) is 17.2. The van der Waals surface area contributed by atoms with Gasteiger partial charge in [0, 0.05) is 31.6 Å². The number of nitrogens with zero attached hydrogens (tertiary/aromatic N) is 5. The second-order valence-electron chi connectivity index (χ2n) is 8.48. The highest BCUT2D eigenvalue weighted by Gasteiger charge is 2.43. The van der Waals surface area contributed by atoms with Gasteiger partial charge in [-0.25, -0.2) is 13.9 Å². The zero-order valence-electron chi connectivity index (χ0n) is 19.3. The van der Waals surface area contributed by atoms with Gasteiger partial charge in [-0.15, -0.1) is 5.10 Å². The van der Waals surface area contributed by atoms with Gasteiger partial charge in [0.2, 0.25) is 0 Å². The fourth-order valence-corrected chi connectivity index (χ4v) is 3.25. The summed E-state index contributed by atoms with van der Waals surface area (Å²) in [5.41, 5.74) is 2.59. The first kappa shape index (κ1) is 24.2. The molecule has 33 heavy (non-hydrogen) atoms. The van der Waals surface area contributed by atoms with Crippen LogP contribution < -0.4 is 0 Å². The van der Waals surface area contributed by atoms with E-state index in [1.165, 1.54) is 16.5 Å². The molecular formula is C23H28FN5O4. The second-order valence-corrected chi connectivity index (χ2v) is 8.48. The molecule has 3 rings (SSSR count). The number of hydrogen-bond acceptors (Lipinski definition) is 6. The zero-order chi connectivity index (χ0) is 24.2. The van der Waals surface area contributed by atoms with Gasteiger partial charge in [0.1, 0.15) is 18.0 Å². The molecule has 1 saturated carbocycles. The van der Waals surface area contributed by atoms with Crippen LogP contribution in [0.3, 0.4) is 0 Å². The van der Waals surface area contributed by atoms with Crippen molar-refractivity contribution >= 4 is 12.1 Å². The van der Waals surface area contributed by atoms with Gasteiger partial charge in [-0.1, -0.05) is 17.1 Å². The minimum absolute atomic E-state index is 0.0498. The number of alkyl halides is 1. The minimum atomic E-state index is -0.998. The van der Waals surface area contributed by atoms with Crippen molar-refractivity contribution in [2.75, 3.05) is 13.6 Å². The second kappa shape index (κ2) is 9.98. The summed E-state index contributed by atoms with van der Waals surface area (Å²) < 4.78 is 19.9. The van der Waals surface area contributed by atoms with Gasteiger partial charge in [0.25, 0.3) is 0 Å². The first-order valence-corrected chi connectivity index (χ1v) is 10.7. The number of carbonyl (C=O) groups excluding carboxylic acids is 1. The van der Waals surface area contributed by atoms with Crippen LogP contribution in [0.15, 0.2) is 12.1 Å². The van der Waals surface area contributed by atoms with E-state index in [1.54, 1.807) is 20.2 Å². The zero-order valence-corrected chi connectivity index (χ0v) is 19.3. The number of aliphatic carboxylic acids is 1. The lowest BCUT2D eigenvalue weighted by molar-refractivity contribution is -0.137. The van der Waals surface area contributed by atoms with Gasteiger partial charge in [0.15, 0.2) is 0 Å². The molecule has 0 aliphatic heterocycles. The van der Waals surface area contributed by atoms with Crippen molar-refractivity contribution in [2.24, 2.45) is 12.5 Å². The highest BCUT2D eigenvalue weighted by molar-refractivity contribution is 5.69. The summed E-state index contributed by atoms with van der Waals surface area (Å²) in [6, 6.07) is 3.58. The number of pyridine rings is 1. The predicted molar refractivity (Wildman–Crippen MR) is 118 cm³/mol. The predicted octanol–water partition coefficient (Wildman–Crippen LogP) is 3.11. The van der Waals surface area contributed by atoms with Gasteiger partial charge in [-0.3, -0.25) is 9.78 Å². The van der Waals surface area contributed by atoms with Crippen molar-refractivity contribution in [2.45, 2.75) is 52.3 Å². The molecule has 1 aliphatic carbocycles. The van der Waals surface area contributed by atoms with Crippen LogP contribution in [-0.4, -0.2) is 61.8 Å². The van der Waals surface area contributed by atoms with E-state index >= 15 is 0 Å². The fourth-order valence-electron chi connectivity index (χ4n) is 3.25. The monoisotopic (exact) mass is 457 g/mol. The summed E-state index contributed by atoms with van der Waals surface area (Å²) in [6.45, 7) is 3.46. The summed E-state index contributed by atoms with van der Waals surface area (Å²) in [5.74, 6) is 5.34. The van der Waals surface area contributed by atoms with Crippen molar-refractivity contribution in [1.29, 1.82) is 0 Å². The van der Waals surface area contributed by atoms with Crippen molar-refractivity contribution in [3.8, 4) is 23.2 Å². The van der Waals surface area contributed by atoms with Crippen LogP contribution in [0.2, 0.25) is 0 Å². The third-order valence-corrected chi connectivity index (χ3v) is 5.58. The quantitative estimate of drug-likeness (QED) is 0.607. The number of carbonyl (C=O) groups is 2. The molecule has 10 heteroatoms. The summed E-state index contributed by atoms with van der Waals surface area (Å²) in [6.07, 6.45) is 0.310. The SMILES string of the molecule is Cc1nc(-c2nnn(C)c2COC(=O)N(C)CCC(C)F)ccc1C#CC1(CC(=O)O)CC1. The van der Waals surface area contributed by atoms with Crippen molar-refractivity contribution in [1.82, 2.24) is 24.9 Å². The Kier molecular flexibility index (Phi) is 7.31. The third-order valence-electron chi connectivity index (χ3n) is 5.58. The Morgan fingerprint density at radius 3 is 2.73 bits per heavy atom. The van der Waals surface area contributed by atoms with Crippen LogP contribution in [0, 0.1) is 24.2 Å². The molecule has 1 N–H and O–H groups in total. The number of rotatable bonds is 8. The average Bonchev–Trinajstić information content (AvgIpc) is 3.41. The molecule has 176 valence electrons. The molecule has 1 atom stereocenters. The lowest BCUT2D eigenvalue weighted by Crippen LogP contribution is -2.29. The van der Waals surface area contributed by atoms with Gasteiger partial charge in [-0.05, 0) is 45.2 Å². The number of hydrogen-bond donors (Lipinski definition) is 1. The molecule has 2 aromatic rings. The lowest BCUT2D eigenvalue weighted by atomic mass is 10.0. The van der Waals surface area contributed by atoms with E-state index in [9.17, 15) is 14.0 Å². The summed E-state index contributed by atoms with van der Waals surface area (Å²) >= 11 is 0. The fraction of sp³-hybridized carbons (Fsp3) is 0.522. The van der Waals surface area contributed by atoms with E-state index in [1.807, 2.05) is 13.0 Å². The molecule has 0 bridgehead atoms. The van der Waals surface area contributed by atoms with Crippen LogP contribution in [0.5, 0.6) is 0 Å². The van der Waals surface area contributed by atoms with Gasteiger partial charge < -0.3 is 14.7 Å². The Bertz CT molecular complexity index is 1100. The van der Waals surface area contributed by atoms with Gasteiger partial charge in [0.05, 0.1) is 24.0 Å². The van der Waals surface area contributed by atoms with E-state index in [2.05, 4.69) is 27.1 Å². The standard InChI is InChI=1S/C23H28FN5O4/c1-15(24)8-12-28(3)22(32)33-14-19-21(26-27-29(19)4)18-6-5-17(16(2)25-18)7-9-23(10-11-23)13-20(30)31/h5-6,15H,8,10-14H2,1-4H3,(H,30,31). The maximum atomic E-state index is 13.0. The maximum absolute atomic E-state index is 13.0. The minimum Gasteiger partial charge on any atom is -0.481 e. The maximum Gasteiger partial charge on any atom is 0.409 e. The number of carboxylic acid groups (broad SMARTS) is 1. The van der Waals surface area contributed by atoms with Crippen molar-refractivity contribution < 1.29 is 23.8 Å². The first-order valence-electron chi connectivity index (χ1n) is 10.7. The van der Waals surface area contributed by atoms with E-state index in [4.69, 9.17) is 9.84 Å². The van der Waals surface area contributed by atoms with Gasteiger partial charge >= 0.3 is 12.1 Å². The highest BCUT2D eigenvalue weighted by atomic mass is 19.1. The van der Waals surface area contributed by atoms with Crippen molar-refractivity contribution in [3.05, 3.63) is 29.1 Å². The molecular weight excluding hydrogens is 429 g/mol. The molecule has 0 radical (unpaired) electrons. The topological polar surface area (TPSA) is 110 Å². The number of carboxylic acids is 1. The molecule has 1 aliphatic rings. The lowest BCUT2D eigenvalue weighted by Gasteiger charge is -2.17. The molecule has 0 aromatic carbocycles. The molecule has 0 spiro atoms. The van der Waals surface area contributed by atoms with E-state index in [-0.39, 0.29) is 26.0 Å². The van der Waals surface area contributed by atoms with E-state index in [0.717, 1.165) is 18.4 Å². The summed E-state index contributed by atoms with van der Waals surface area (Å²) in [7, 11) is 3.25. The van der Waals surface area contributed by atoms with Crippen LogP contribution in [-0.2, 0) is 23.2 Å². The third kappa shape index (κ3) is 6.28. The normalized spacial score (nSPS) is 14.7. The average molecular weight is 458 g/mol. The Morgan fingerprint density at radius 1 is 1.39 bits per heavy atom. The number of ether oxygens (including phenoxy) is 1. The van der Waals surface area contributed by atoms with Crippen LogP contribution in [0.25, 0.3) is 11.4 Å². The molecule has 1 unspecified atom stereocenters. The Labute approximate surface area is 191 Å². The van der Waals surface area contributed by atoms with Crippen LogP contribution in [0.1, 0.15) is 49.6 Å². The van der Waals surface area contributed by atoms with E-state index < -0.39 is 23.6 Å². The molecule has 9 nitrogen and oxygen atoms in total. The first-order chi connectivity index (χ1) is 15.6. The van der Waals surface area contributed by atoms with Gasteiger partial charge in [-0.2, -0.15) is 0 Å². The Morgan fingerprint density at radius 2 is 2.12 bits per heavy atom. The molecule has 1 amide bonds. The molecule has 1 fully saturated rings. The Hall–Kier alpha value is -3.48. The van der Waals surface area contributed by atoms with Crippen molar-refractivity contribution in [3.63, 3.8) is 0 Å². The summed E-state index contributed by atoms with van der Waals surface area (Å²) in [4.78, 5) is 29.1. The Balaban J connectivity index is 1.72. The van der Waals surface area contributed by atoms with Crippen LogP contribution >= 0.6 is 0 Å².